The van der Waals surface area contributed by atoms with Gasteiger partial charge in [-0.15, -0.1) is 0 Å². The zero-order chi connectivity index (χ0) is 20.7. The van der Waals surface area contributed by atoms with Gasteiger partial charge in [-0.1, -0.05) is 53.4 Å². The third kappa shape index (κ3) is 11.0. The maximum atomic E-state index is 13.0. The minimum atomic E-state index is -0.950. The van der Waals surface area contributed by atoms with Crippen molar-refractivity contribution in [2.75, 3.05) is 13.1 Å². The summed E-state index contributed by atoms with van der Waals surface area (Å²) in [7, 11) is 0. The number of unbranched alkanes of at least 4 members (excludes halogenated alkanes) is 3. The Morgan fingerprint density at radius 3 is 1.89 bits per heavy atom. The number of carboxylic acid groups (broad SMARTS) is 1. The van der Waals surface area contributed by atoms with E-state index in [1.165, 1.54) is 0 Å². The molecular weight excluding hydrogens is 344 g/mol. The Balaban J connectivity index is 5.17. The lowest BCUT2D eigenvalue weighted by atomic mass is 9.97. The average molecular weight is 385 g/mol. The Labute approximate surface area is 165 Å². The van der Waals surface area contributed by atoms with Crippen LogP contribution in [0.2, 0.25) is 0 Å². The normalized spacial score (nSPS) is 13.0. The molecule has 158 valence electrons. The summed E-state index contributed by atoms with van der Waals surface area (Å²) in [4.78, 5) is 38.5. The molecule has 0 heterocycles. The molecule has 0 aliphatic rings. The molecule has 2 amide bonds. The molecule has 2 N–H and O–H groups in total. The molecule has 0 saturated heterocycles. The van der Waals surface area contributed by atoms with E-state index in [4.69, 9.17) is 5.11 Å². The first-order chi connectivity index (χ1) is 12.9. The van der Waals surface area contributed by atoms with Gasteiger partial charge in [0.15, 0.2) is 0 Å². The average Bonchev–Trinajstić information content (AvgIpc) is 2.65. The van der Waals surface area contributed by atoms with Crippen LogP contribution in [0.3, 0.4) is 0 Å². The molecule has 0 aliphatic heterocycles. The number of rotatable bonds is 16. The van der Waals surface area contributed by atoms with Gasteiger partial charge in [0.05, 0.1) is 0 Å². The molecular formula is C21H40N2O4. The number of hydrogen-bond donors (Lipinski definition) is 2. The summed E-state index contributed by atoms with van der Waals surface area (Å²) < 4.78 is 0. The van der Waals surface area contributed by atoms with E-state index in [1.807, 2.05) is 6.92 Å². The first-order valence-corrected chi connectivity index (χ1v) is 10.7. The summed E-state index contributed by atoms with van der Waals surface area (Å²) in [6.07, 6.45) is 7.30. The first-order valence-electron chi connectivity index (χ1n) is 10.7. The van der Waals surface area contributed by atoms with Crippen molar-refractivity contribution in [3.8, 4) is 0 Å². The van der Waals surface area contributed by atoms with Crippen LogP contribution in [-0.2, 0) is 14.4 Å². The quantitative estimate of drug-likeness (QED) is 0.421. The molecule has 0 aliphatic carbocycles. The van der Waals surface area contributed by atoms with E-state index in [1.54, 1.807) is 4.90 Å². The molecule has 6 heteroatoms. The van der Waals surface area contributed by atoms with Crippen molar-refractivity contribution in [1.29, 1.82) is 0 Å². The Hall–Kier alpha value is -1.59. The van der Waals surface area contributed by atoms with Gasteiger partial charge >= 0.3 is 5.97 Å². The summed E-state index contributed by atoms with van der Waals surface area (Å²) in [6, 6.07) is -0.752. The van der Waals surface area contributed by atoms with Gasteiger partial charge in [0.25, 0.3) is 0 Å². The van der Waals surface area contributed by atoms with Crippen LogP contribution < -0.4 is 5.32 Å². The lowest BCUT2D eigenvalue weighted by molar-refractivity contribution is -0.140. The molecule has 0 rings (SSSR count). The monoisotopic (exact) mass is 384 g/mol. The van der Waals surface area contributed by atoms with Gasteiger partial charge in [0.2, 0.25) is 11.8 Å². The first kappa shape index (κ1) is 25.4. The van der Waals surface area contributed by atoms with Crippen LogP contribution in [0, 0.1) is 5.92 Å². The van der Waals surface area contributed by atoms with Crippen molar-refractivity contribution in [2.24, 2.45) is 5.92 Å². The van der Waals surface area contributed by atoms with Crippen molar-refractivity contribution in [2.45, 2.75) is 97.9 Å². The number of amides is 2. The number of hydrogen-bond acceptors (Lipinski definition) is 3. The Bertz CT molecular complexity index is 432. The number of carbonyl (C=O) groups excluding carboxylic acids is 2. The molecule has 1 unspecified atom stereocenters. The van der Waals surface area contributed by atoms with E-state index in [0.29, 0.717) is 13.1 Å². The van der Waals surface area contributed by atoms with Crippen LogP contribution in [0.25, 0.3) is 0 Å². The highest BCUT2D eigenvalue weighted by Crippen LogP contribution is 2.14. The highest BCUT2D eigenvalue weighted by Gasteiger charge is 2.28. The molecule has 0 saturated carbocycles. The highest BCUT2D eigenvalue weighted by atomic mass is 16.4. The predicted octanol–water partition coefficient (Wildman–Crippen LogP) is 3.98. The van der Waals surface area contributed by atoms with Gasteiger partial charge in [-0.2, -0.15) is 0 Å². The van der Waals surface area contributed by atoms with Gasteiger partial charge in [0, 0.05) is 25.4 Å². The van der Waals surface area contributed by atoms with Crippen LogP contribution in [0.15, 0.2) is 0 Å². The van der Waals surface area contributed by atoms with Crippen LogP contribution in [0.5, 0.6) is 0 Å². The molecule has 6 nitrogen and oxygen atoms in total. The minimum absolute atomic E-state index is 0.121. The van der Waals surface area contributed by atoms with Crippen LogP contribution in [0.4, 0.5) is 0 Å². The second-order valence-corrected chi connectivity index (χ2v) is 7.27. The highest BCUT2D eigenvalue weighted by molar-refractivity contribution is 5.88. The van der Waals surface area contributed by atoms with Crippen LogP contribution in [0.1, 0.15) is 91.9 Å². The third-order valence-electron chi connectivity index (χ3n) is 4.91. The molecule has 0 aromatic rings. The molecule has 0 fully saturated rings. The van der Waals surface area contributed by atoms with Gasteiger partial charge < -0.3 is 15.3 Å². The smallest absolute Gasteiger partial charge is 0.303 e. The number of nitrogens with one attached hydrogen (secondary N) is 1. The van der Waals surface area contributed by atoms with E-state index >= 15 is 0 Å². The zero-order valence-electron chi connectivity index (χ0n) is 17.8. The van der Waals surface area contributed by atoms with Crippen molar-refractivity contribution < 1.29 is 19.5 Å². The second-order valence-electron chi connectivity index (χ2n) is 7.27. The molecule has 27 heavy (non-hydrogen) atoms. The van der Waals surface area contributed by atoms with E-state index in [9.17, 15) is 14.4 Å². The zero-order valence-corrected chi connectivity index (χ0v) is 17.8. The lowest BCUT2D eigenvalue weighted by Gasteiger charge is -2.29. The minimum Gasteiger partial charge on any atom is -0.481 e. The molecule has 2 atom stereocenters. The van der Waals surface area contributed by atoms with Crippen molar-refractivity contribution in [3.63, 3.8) is 0 Å². The largest absolute Gasteiger partial charge is 0.481 e. The number of nitrogens with zero attached hydrogens (tertiary/aromatic N) is 1. The Morgan fingerprint density at radius 1 is 0.889 bits per heavy atom. The fourth-order valence-corrected chi connectivity index (χ4v) is 3.04. The second kappa shape index (κ2) is 15.5. The summed E-state index contributed by atoms with van der Waals surface area (Å²) in [5, 5.41) is 11.9. The molecule has 0 aromatic heterocycles. The standard InChI is InChI=1S/C21H40N2O4/c1-5-9-12-17(8-4)20(26)22-18(13-14-19(24)25)21(27)23(15-10-6-2)16-11-7-3/h17-18H,5-16H2,1-4H3,(H,22,26)(H,24,25)/t17?,18-/m0/s1. The SMILES string of the molecule is CCCCC(CC)C(=O)N[C@@H](CCC(=O)O)C(=O)N(CCCC)CCCC. The maximum Gasteiger partial charge on any atom is 0.303 e. The van der Waals surface area contributed by atoms with Crippen LogP contribution >= 0.6 is 0 Å². The van der Waals surface area contributed by atoms with Gasteiger partial charge in [0.1, 0.15) is 6.04 Å². The number of aliphatic carboxylic acids is 1. The van der Waals surface area contributed by atoms with Gasteiger partial charge in [-0.3, -0.25) is 14.4 Å². The van der Waals surface area contributed by atoms with Crippen LogP contribution in [-0.4, -0.2) is 46.9 Å². The maximum absolute atomic E-state index is 13.0. The van der Waals surface area contributed by atoms with E-state index in [0.717, 1.165) is 51.4 Å². The molecule has 0 spiro atoms. The Kier molecular flexibility index (Phi) is 14.6. The summed E-state index contributed by atoms with van der Waals surface area (Å²) in [5.74, 6) is -1.34. The summed E-state index contributed by atoms with van der Waals surface area (Å²) in [6.45, 7) is 9.52. The lowest BCUT2D eigenvalue weighted by Crippen LogP contribution is -2.50. The van der Waals surface area contributed by atoms with Gasteiger partial charge in [-0.25, -0.2) is 0 Å². The van der Waals surface area contributed by atoms with Gasteiger partial charge in [-0.05, 0) is 32.1 Å². The molecule has 0 aromatic carbocycles. The van der Waals surface area contributed by atoms with Crippen molar-refractivity contribution in [1.82, 2.24) is 10.2 Å². The summed E-state index contributed by atoms with van der Waals surface area (Å²) >= 11 is 0. The van der Waals surface area contributed by atoms with Crippen molar-refractivity contribution in [3.05, 3.63) is 0 Å². The third-order valence-corrected chi connectivity index (χ3v) is 4.91. The predicted molar refractivity (Wildman–Crippen MR) is 109 cm³/mol. The molecule has 0 radical (unpaired) electrons. The number of carboxylic acids is 1. The number of carbonyl (C=O) groups is 3. The molecule has 0 bridgehead atoms. The van der Waals surface area contributed by atoms with E-state index in [2.05, 4.69) is 26.1 Å². The van der Waals surface area contributed by atoms with E-state index < -0.39 is 12.0 Å². The topological polar surface area (TPSA) is 86.7 Å². The fourth-order valence-electron chi connectivity index (χ4n) is 3.04. The Morgan fingerprint density at radius 2 is 1.44 bits per heavy atom. The summed E-state index contributed by atoms with van der Waals surface area (Å²) in [5.41, 5.74) is 0. The fraction of sp³-hybridized carbons (Fsp3) is 0.857. The van der Waals surface area contributed by atoms with Crippen molar-refractivity contribution >= 4 is 17.8 Å². The van der Waals surface area contributed by atoms with E-state index in [-0.39, 0.29) is 30.6 Å².